The van der Waals surface area contributed by atoms with Gasteiger partial charge in [0.05, 0.1) is 0 Å². The molecule has 1 aliphatic rings. The number of hydrogen-bond donors (Lipinski definition) is 0. The maximum atomic E-state index is 6.25. The number of hydrogen-bond acceptors (Lipinski definition) is 0. The molecule has 1 fully saturated rings. The summed E-state index contributed by atoms with van der Waals surface area (Å²) in [5.41, 5.74) is 1.36. The Morgan fingerprint density at radius 1 is 1.23 bits per heavy atom. The third-order valence-electron chi connectivity index (χ3n) is 2.59. The normalized spacial score (nSPS) is 18.5. The van der Waals surface area contributed by atoms with Crippen LogP contribution in [0.1, 0.15) is 24.8 Å². The van der Waals surface area contributed by atoms with Crippen LogP contribution < -0.4 is 0 Å². The first-order chi connectivity index (χ1) is 6.34. The van der Waals surface area contributed by atoms with Crippen LogP contribution in [-0.2, 0) is 6.42 Å². The van der Waals surface area contributed by atoms with Gasteiger partial charge in [0.1, 0.15) is 0 Å². The molecule has 70 valence electrons. The Kier molecular flexibility index (Phi) is 2.90. The molecule has 1 aromatic carbocycles. The Bertz CT molecular complexity index is 251. The van der Waals surface area contributed by atoms with E-state index in [0.29, 0.717) is 5.38 Å². The second-order valence-electron chi connectivity index (χ2n) is 3.97. The average molecular weight is 195 g/mol. The van der Waals surface area contributed by atoms with Crippen molar-refractivity contribution in [2.24, 2.45) is 5.92 Å². The van der Waals surface area contributed by atoms with Gasteiger partial charge in [0.2, 0.25) is 0 Å². The molecule has 1 aliphatic carbocycles. The number of rotatable bonds is 4. The minimum Gasteiger partial charge on any atom is -0.123 e. The molecule has 0 amide bonds. The molecule has 0 nitrogen and oxygen atoms in total. The lowest BCUT2D eigenvalue weighted by Gasteiger charge is -2.07. The van der Waals surface area contributed by atoms with Crippen molar-refractivity contribution in [3.63, 3.8) is 0 Å². The molecule has 0 radical (unpaired) electrons. The van der Waals surface area contributed by atoms with E-state index in [-0.39, 0.29) is 0 Å². The molecular weight excluding hydrogens is 180 g/mol. The van der Waals surface area contributed by atoms with Crippen LogP contribution in [-0.4, -0.2) is 5.38 Å². The molecule has 1 atom stereocenters. The van der Waals surface area contributed by atoms with Crippen molar-refractivity contribution >= 4 is 11.6 Å². The highest BCUT2D eigenvalue weighted by molar-refractivity contribution is 6.20. The highest BCUT2D eigenvalue weighted by Gasteiger charge is 2.24. The van der Waals surface area contributed by atoms with Crippen molar-refractivity contribution < 1.29 is 0 Å². The van der Waals surface area contributed by atoms with Crippen molar-refractivity contribution in [1.29, 1.82) is 0 Å². The molecule has 0 bridgehead atoms. The minimum absolute atomic E-state index is 0.342. The number of halogens is 1. The Balaban J connectivity index is 1.82. The van der Waals surface area contributed by atoms with Crippen LogP contribution in [0.3, 0.4) is 0 Å². The lowest BCUT2D eigenvalue weighted by molar-refractivity contribution is 0.674. The molecule has 1 saturated carbocycles. The van der Waals surface area contributed by atoms with E-state index >= 15 is 0 Å². The van der Waals surface area contributed by atoms with Crippen LogP contribution in [0.5, 0.6) is 0 Å². The van der Waals surface area contributed by atoms with E-state index in [0.717, 1.165) is 12.3 Å². The van der Waals surface area contributed by atoms with Crippen LogP contribution in [0.25, 0.3) is 0 Å². The maximum absolute atomic E-state index is 6.25. The average Bonchev–Trinajstić information content (AvgIpc) is 2.90. The van der Waals surface area contributed by atoms with Crippen LogP contribution >= 0.6 is 11.6 Å². The summed E-state index contributed by atoms with van der Waals surface area (Å²) in [6.45, 7) is 0. The lowest BCUT2D eigenvalue weighted by Crippen LogP contribution is -2.03. The third kappa shape index (κ3) is 3.04. The van der Waals surface area contributed by atoms with Crippen LogP contribution in [0.4, 0.5) is 0 Å². The molecule has 1 unspecified atom stereocenters. The monoisotopic (exact) mass is 194 g/mol. The zero-order chi connectivity index (χ0) is 9.10. The minimum atomic E-state index is 0.342. The van der Waals surface area contributed by atoms with E-state index in [4.69, 9.17) is 11.6 Å². The highest BCUT2D eigenvalue weighted by atomic mass is 35.5. The van der Waals surface area contributed by atoms with Crippen molar-refractivity contribution in [2.75, 3.05) is 0 Å². The zero-order valence-electron chi connectivity index (χ0n) is 7.75. The van der Waals surface area contributed by atoms with Gasteiger partial charge in [0, 0.05) is 5.38 Å². The summed E-state index contributed by atoms with van der Waals surface area (Å²) in [4.78, 5) is 0. The summed E-state index contributed by atoms with van der Waals surface area (Å²) >= 11 is 6.25. The van der Waals surface area contributed by atoms with Gasteiger partial charge >= 0.3 is 0 Å². The molecule has 1 aromatic rings. The predicted octanol–water partition coefficient (Wildman–Crippen LogP) is 3.64. The number of benzene rings is 1. The second-order valence-corrected chi connectivity index (χ2v) is 4.58. The topological polar surface area (TPSA) is 0 Å². The van der Waals surface area contributed by atoms with E-state index in [1.807, 2.05) is 6.07 Å². The Morgan fingerprint density at radius 3 is 2.54 bits per heavy atom. The summed E-state index contributed by atoms with van der Waals surface area (Å²) in [6, 6.07) is 10.5. The van der Waals surface area contributed by atoms with Gasteiger partial charge in [0.25, 0.3) is 0 Å². The van der Waals surface area contributed by atoms with Crippen molar-refractivity contribution in [2.45, 2.75) is 31.1 Å². The molecule has 0 heterocycles. The summed E-state index contributed by atoms with van der Waals surface area (Å²) in [5, 5.41) is 0.342. The van der Waals surface area contributed by atoms with Crippen LogP contribution in [0, 0.1) is 5.92 Å². The van der Waals surface area contributed by atoms with E-state index in [1.165, 1.54) is 24.8 Å². The van der Waals surface area contributed by atoms with Gasteiger partial charge in [-0.3, -0.25) is 0 Å². The van der Waals surface area contributed by atoms with Crippen LogP contribution in [0.15, 0.2) is 30.3 Å². The predicted molar refractivity (Wildman–Crippen MR) is 57.1 cm³/mol. The van der Waals surface area contributed by atoms with Gasteiger partial charge < -0.3 is 0 Å². The van der Waals surface area contributed by atoms with Gasteiger partial charge in [-0.2, -0.15) is 0 Å². The standard InChI is InChI=1S/C12H15Cl/c13-12(9-11-6-7-11)8-10-4-2-1-3-5-10/h1-5,11-12H,6-9H2. The van der Waals surface area contributed by atoms with Gasteiger partial charge in [0.15, 0.2) is 0 Å². The maximum Gasteiger partial charge on any atom is 0.0379 e. The quantitative estimate of drug-likeness (QED) is 0.643. The molecule has 1 heteroatoms. The van der Waals surface area contributed by atoms with Gasteiger partial charge in [-0.05, 0) is 24.3 Å². The van der Waals surface area contributed by atoms with Crippen LogP contribution in [0.2, 0.25) is 0 Å². The summed E-state index contributed by atoms with van der Waals surface area (Å²) in [7, 11) is 0. The largest absolute Gasteiger partial charge is 0.123 e. The fourth-order valence-electron chi connectivity index (χ4n) is 1.67. The van der Waals surface area contributed by atoms with Gasteiger partial charge in [-0.1, -0.05) is 43.2 Å². The molecule has 0 aliphatic heterocycles. The molecule has 2 rings (SSSR count). The van der Waals surface area contributed by atoms with Crippen molar-refractivity contribution in [1.82, 2.24) is 0 Å². The fraction of sp³-hybridized carbons (Fsp3) is 0.500. The second kappa shape index (κ2) is 4.15. The first-order valence-electron chi connectivity index (χ1n) is 5.02. The molecule has 0 saturated heterocycles. The number of alkyl halides is 1. The third-order valence-corrected chi connectivity index (χ3v) is 2.92. The van der Waals surface area contributed by atoms with Gasteiger partial charge in [-0.25, -0.2) is 0 Å². The lowest BCUT2D eigenvalue weighted by atomic mass is 10.1. The first kappa shape index (κ1) is 9.08. The molecule has 13 heavy (non-hydrogen) atoms. The summed E-state index contributed by atoms with van der Waals surface area (Å²) < 4.78 is 0. The van der Waals surface area contributed by atoms with E-state index in [1.54, 1.807) is 0 Å². The first-order valence-corrected chi connectivity index (χ1v) is 5.46. The highest BCUT2D eigenvalue weighted by Crippen LogP contribution is 2.35. The Hall–Kier alpha value is -0.490. The molecule has 0 aromatic heterocycles. The summed E-state index contributed by atoms with van der Waals surface area (Å²) in [6.07, 6.45) is 5.03. The van der Waals surface area contributed by atoms with Crippen molar-refractivity contribution in [3.8, 4) is 0 Å². The Morgan fingerprint density at radius 2 is 1.92 bits per heavy atom. The zero-order valence-corrected chi connectivity index (χ0v) is 8.50. The Labute approximate surface area is 84.9 Å². The van der Waals surface area contributed by atoms with E-state index in [9.17, 15) is 0 Å². The van der Waals surface area contributed by atoms with Gasteiger partial charge in [-0.15, -0.1) is 11.6 Å². The molecular formula is C12H15Cl. The molecule has 0 N–H and O–H groups in total. The van der Waals surface area contributed by atoms with E-state index < -0.39 is 0 Å². The fourth-order valence-corrected chi connectivity index (χ4v) is 2.10. The SMILES string of the molecule is ClC(Cc1ccccc1)CC1CC1. The van der Waals surface area contributed by atoms with E-state index in [2.05, 4.69) is 24.3 Å². The van der Waals surface area contributed by atoms with Crippen molar-refractivity contribution in [3.05, 3.63) is 35.9 Å². The smallest absolute Gasteiger partial charge is 0.0379 e. The summed E-state index contributed by atoms with van der Waals surface area (Å²) in [5.74, 6) is 0.936. The molecule has 0 spiro atoms.